The van der Waals surface area contributed by atoms with E-state index < -0.39 is 22.7 Å². The van der Waals surface area contributed by atoms with Crippen molar-refractivity contribution in [1.82, 2.24) is 18.9 Å². The van der Waals surface area contributed by atoms with E-state index in [4.69, 9.17) is 0 Å². The Morgan fingerprint density at radius 3 is 2.64 bits per heavy atom. The number of pyridine rings is 2. The highest BCUT2D eigenvalue weighted by molar-refractivity contribution is 7.08. The van der Waals surface area contributed by atoms with Crippen molar-refractivity contribution >= 4 is 34.4 Å². The van der Waals surface area contributed by atoms with Crippen LogP contribution in [0.25, 0.3) is 16.2 Å². The zero-order valence-corrected chi connectivity index (χ0v) is 13.3. The molecule has 1 saturated heterocycles. The molecule has 3 aromatic heterocycles. The van der Waals surface area contributed by atoms with Crippen LogP contribution in [-0.4, -0.2) is 59.1 Å². The molecule has 25 heavy (non-hydrogen) atoms. The second kappa shape index (κ2) is 5.31. The van der Waals surface area contributed by atoms with Gasteiger partial charge in [0.05, 0.1) is 18.5 Å². The highest BCUT2D eigenvalue weighted by Crippen LogP contribution is 2.26. The van der Waals surface area contributed by atoms with Crippen LogP contribution in [0.2, 0.25) is 0 Å². The molecule has 3 N–H and O–H groups in total. The molecular weight excluding hydrogens is 350 g/mol. The van der Waals surface area contributed by atoms with Gasteiger partial charge in [0.1, 0.15) is 17.7 Å². The first-order valence-corrected chi connectivity index (χ1v) is 7.89. The fourth-order valence-corrected chi connectivity index (χ4v) is 3.18. The van der Waals surface area contributed by atoms with E-state index in [1.807, 2.05) is 0 Å². The summed E-state index contributed by atoms with van der Waals surface area (Å²) in [6, 6.07) is 3.01. The highest BCUT2D eigenvalue weighted by atomic mass is 32.1. The molecule has 0 bridgehead atoms. The SMILES string of the molecule is O=C(O)c1cn(-c2ncns2)c2nc(N3CC(O)(O)C3)ccc2c1=O. The number of fused-ring (bicyclic) bond motifs is 1. The third-order valence-corrected chi connectivity index (χ3v) is 4.50. The van der Waals surface area contributed by atoms with Crippen LogP contribution in [0, 0.1) is 0 Å². The van der Waals surface area contributed by atoms with Gasteiger partial charge in [0, 0.05) is 17.7 Å². The van der Waals surface area contributed by atoms with E-state index in [-0.39, 0.29) is 24.1 Å². The number of nitrogens with zero attached hydrogens (tertiary/aromatic N) is 5. The summed E-state index contributed by atoms with van der Waals surface area (Å²) in [5.74, 6) is -2.67. The second-order valence-corrected chi connectivity index (χ2v) is 6.41. The predicted octanol–water partition coefficient (Wildman–Crippen LogP) is -0.564. The Bertz CT molecular complexity index is 1040. The summed E-state index contributed by atoms with van der Waals surface area (Å²) in [7, 11) is 0. The van der Waals surface area contributed by atoms with Crippen LogP contribution in [0.3, 0.4) is 0 Å². The molecule has 0 aromatic carbocycles. The Morgan fingerprint density at radius 2 is 2.04 bits per heavy atom. The zero-order chi connectivity index (χ0) is 17.8. The number of carboxylic acid groups (broad SMARTS) is 1. The maximum Gasteiger partial charge on any atom is 0.341 e. The molecule has 0 aliphatic carbocycles. The quantitative estimate of drug-likeness (QED) is 0.523. The van der Waals surface area contributed by atoms with Gasteiger partial charge in [-0.3, -0.25) is 9.36 Å². The molecule has 1 aliphatic rings. The number of rotatable bonds is 3. The summed E-state index contributed by atoms with van der Waals surface area (Å²) in [6.45, 7) is -0.0243. The molecular formula is C14H11N5O5S. The molecule has 4 heterocycles. The van der Waals surface area contributed by atoms with Gasteiger partial charge in [-0.15, -0.1) is 0 Å². The van der Waals surface area contributed by atoms with Crippen LogP contribution in [0.5, 0.6) is 0 Å². The Kier molecular flexibility index (Phi) is 3.32. The van der Waals surface area contributed by atoms with Gasteiger partial charge in [-0.25, -0.2) is 14.8 Å². The van der Waals surface area contributed by atoms with Crippen LogP contribution < -0.4 is 10.3 Å². The van der Waals surface area contributed by atoms with E-state index in [0.29, 0.717) is 10.9 Å². The molecule has 1 fully saturated rings. The summed E-state index contributed by atoms with van der Waals surface area (Å²) in [5, 5.41) is 28.7. The fourth-order valence-electron chi connectivity index (χ4n) is 2.67. The maximum absolute atomic E-state index is 12.4. The minimum Gasteiger partial charge on any atom is -0.477 e. The standard InChI is InChI=1S/C14H11N5O5S/c20-10-7-1-2-9(18-4-14(23,24)5-18)17-11(7)19(3-8(10)12(21)22)13-15-6-16-25-13/h1-3,6,23-24H,4-5H2,(H,21,22). The van der Waals surface area contributed by atoms with Crippen LogP contribution >= 0.6 is 11.5 Å². The Balaban J connectivity index is 1.94. The number of β-amino-alcohol motifs (C(OH)–C–C–N with tert-alkyl or cyclic N) is 2. The van der Waals surface area contributed by atoms with Crippen LogP contribution in [-0.2, 0) is 0 Å². The van der Waals surface area contributed by atoms with Crippen molar-refractivity contribution < 1.29 is 20.1 Å². The molecule has 0 radical (unpaired) electrons. The second-order valence-electron chi connectivity index (χ2n) is 5.65. The summed E-state index contributed by atoms with van der Waals surface area (Å²) in [6.07, 6.45) is 2.48. The third-order valence-electron chi connectivity index (χ3n) is 3.83. The number of hydrogen-bond donors (Lipinski definition) is 3. The molecule has 3 aromatic rings. The smallest absolute Gasteiger partial charge is 0.341 e. The average Bonchev–Trinajstić information content (AvgIpc) is 3.06. The van der Waals surface area contributed by atoms with E-state index in [0.717, 1.165) is 11.5 Å². The number of hydrogen-bond acceptors (Lipinski definition) is 9. The lowest BCUT2D eigenvalue weighted by Crippen LogP contribution is -2.62. The van der Waals surface area contributed by atoms with Crippen LogP contribution in [0.15, 0.2) is 29.5 Å². The summed E-state index contributed by atoms with van der Waals surface area (Å²) in [4.78, 5) is 33.8. The van der Waals surface area contributed by atoms with E-state index in [1.54, 1.807) is 4.90 Å². The lowest BCUT2D eigenvalue weighted by atomic mass is 10.1. The summed E-state index contributed by atoms with van der Waals surface area (Å²) < 4.78 is 5.28. The topological polar surface area (TPSA) is 142 Å². The van der Waals surface area contributed by atoms with Gasteiger partial charge in [-0.05, 0) is 12.1 Å². The molecule has 0 atom stereocenters. The van der Waals surface area contributed by atoms with Crippen molar-refractivity contribution in [3.63, 3.8) is 0 Å². The number of carboxylic acids is 1. The minimum atomic E-state index is -1.76. The summed E-state index contributed by atoms with van der Waals surface area (Å²) in [5.41, 5.74) is -0.826. The van der Waals surface area contributed by atoms with E-state index in [9.17, 15) is 24.9 Å². The lowest BCUT2D eigenvalue weighted by molar-refractivity contribution is -0.176. The van der Waals surface area contributed by atoms with Gasteiger partial charge in [0.15, 0.2) is 11.4 Å². The first-order chi connectivity index (χ1) is 11.9. The Hall–Kier alpha value is -2.89. The lowest BCUT2D eigenvalue weighted by Gasteiger charge is -2.43. The maximum atomic E-state index is 12.4. The minimum absolute atomic E-state index is 0.0121. The molecule has 128 valence electrons. The van der Waals surface area contributed by atoms with Crippen molar-refractivity contribution in [3.05, 3.63) is 40.4 Å². The monoisotopic (exact) mass is 361 g/mol. The van der Waals surface area contributed by atoms with Crippen molar-refractivity contribution in [2.75, 3.05) is 18.0 Å². The summed E-state index contributed by atoms with van der Waals surface area (Å²) >= 11 is 1.02. The Labute approximate surface area is 143 Å². The van der Waals surface area contributed by atoms with Crippen LogP contribution in [0.1, 0.15) is 10.4 Å². The van der Waals surface area contributed by atoms with E-state index >= 15 is 0 Å². The van der Waals surface area contributed by atoms with Crippen molar-refractivity contribution in [3.8, 4) is 5.13 Å². The molecule has 11 heteroatoms. The van der Waals surface area contributed by atoms with E-state index in [1.165, 1.54) is 29.2 Å². The largest absolute Gasteiger partial charge is 0.477 e. The van der Waals surface area contributed by atoms with Crippen molar-refractivity contribution in [2.24, 2.45) is 0 Å². The molecule has 1 aliphatic heterocycles. The van der Waals surface area contributed by atoms with Gasteiger partial charge in [0.25, 0.3) is 0 Å². The van der Waals surface area contributed by atoms with Crippen molar-refractivity contribution in [1.29, 1.82) is 0 Å². The van der Waals surface area contributed by atoms with Crippen LogP contribution in [0.4, 0.5) is 5.82 Å². The molecule has 0 amide bonds. The van der Waals surface area contributed by atoms with Gasteiger partial charge in [-0.2, -0.15) is 4.37 Å². The Morgan fingerprint density at radius 1 is 1.28 bits per heavy atom. The number of aromatic carboxylic acids is 1. The first kappa shape index (κ1) is 15.6. The number of aromatic nitrogens is 4. The predicted molar refractivity (Wildman–Crippen MR) is 87.1 cm³/mol. The van der Waals surface area contributed by atoms with Crippen molar-refractivity contribution in [2.45, 2.75) is 5.79 Å². The number of aliphatic hydroxyl groups is 2. The average molecular weight is 361 g/mol. The molecule has 4 rings (SSSR count). The van der Waals surface area contributed by atoms with Gasteiger partial charge in [0.2, 0.25) is 10.6 Å². The van der Waals surface area contributed by atoms with E-state index in [2.05, 4.69) is 14.3 Å². The number of carbonyl (C=O) groups is 1. The first-order valence-electron chi connectivity index (χ1n) is 7.12. The molecule has 0 saturated carbocycles. The van der Waals surface area contributed by atoms with Gasteiger partial charge >= 0.3 is 5.97 Å². The zero-order valence-electron chi connectivity index (χ0n) is 12.5. The molecule has 0 spiro atoms. The molecule has 10 nitrogen and oxygen atoms in total. The van der Waals surface area contributed by atoms with Gasteiger partial charge in [-0.1, -0.05) is 0 Å². The normalized spacial score (nSPS) is 16.0. The van der Waals surface area contributed by atoms with Gasteiger partial charge < -0.3 is 20.2 Å². The highest BCUT2D eigenvalue weighted by Gasteiger charge is 2.40. The fraction of sp³-hybridized carbons (Fsp3) is 0.214. The number of anilines is 1. The molecule has 0 unspecified atom stereocenters. The third kappa shape index (κ3) is 2.54.